The van der Waals surface area contributed by atoms with Crippen LogP contribution in [0.3, 0.4) is 0 Å². The summed E-state index contributed by atoms with van der Waals surface area (Å²) in [6.45, 7) is 8.27. The number of anilines is 1. The third kappa shape index (κ3) is 6.47. The largest absolute Gasteiger partial charge is 0.360 e. The van der Waals surface area contributed by atoms with Gasteiger partial charge in [-0.3, -0.25) is 4.79 Å². The number of nitrogens with one attached hydrogen (secondary N) is 2. The second kappa shape index (κ2) is 11.8. The second-order valence-electron chi connectivity index (χ2n) is 9.34. The van der Waals surface area contributed by atoms with Crippen molar-refractivity contribution < 1.29 is 4.79 Å². The fraction of sp³-hybridized carbons (Fsp3) is 0.393. The summed E-state index contributed by atoms with van der Waals surface area (Å²) >= 11 is 7.21. The highest BCUT2D eigenvalue weighted by Gasteiger charge is 2.25. The van der Waals surface area contributed by atoms with Gasteiger partial charge >= 0.3 is 0 Å². The van der Waals surface area contributed by atoms with Crippen molar-refractivity contribution in [3.63, 3.8) is 0 Å². The van der Waals surface area contributed by atoms with E-state index in [9.17, 15) is 4.79 Å². The van der Waals surface area contributed by atoms with E-state index >= 15 is 0 Å². The predicted octanol–water partition coefficient (Wildman–Crippen LogP) is 6.61. The SMILES string of the molecule is CCCC(C)NC(=S)N1CCC(c2nc(C(=O)Nc3ccc(C)cc3-c3ccccc3)cs2)CC1. The van der Waals surface area contributed by atoms with Crippen LogP contribution in [0.25, 0.3) is 11.1 Å². The molecule has 1 amide bonds. The zero-order valence-electron chi connectivity index (χ0n) is 20.7. The predicted molar refractivity (Wildman–Crippen MR) is 150 cm³/mol. The van der Waals surface area contributed by atoms with Crippen molar-refractivity contribution in [1.29, 1.82) is 0 Å². The van der Waals surface area contributed by atoms with Crippen LogP contribution in [-0.4, -0.2) is 40.0 Å². The molecule has 1 fully saturated rings. The Hall–Kier alpha value is -2.77. The molecule has 0 saturated carbocycles. The van der Waals surface area contributed by atoms with Gasteiger partial charge in [-0.2, -0.15) is 0 Å². The van der Waals surface area contributed by atoms with Crippen molar-refractivity contribution in [3.8, 4) is 11.1 Å². The first-order valence-corrected chi connectivity index (χ1v) is 13.7. The van der Waals surface area contributed by atoms with Gasteiger partial charge in [0.2, 0.25) is 0 Å². The lowest BCUT2D eigenvalue weighted by Crippen LogP contribution is -2.46. The third-order valence-electron chi connectivity index (χ3n) is 6.49. The van der Waals surface area contributed by atoms with E-state index in [1.54, 1.807) is 11.3 Å². The van der Waals surface area contributed by atoms with Crippen LogP contribution in [0.15, 0.2) is 53.9 Å². The molecule has 0 radical (unpaired) electrons. The Morgan fingerprint density at radius 1 is 1.20 bits per heavy atom. The molecule has 2 heterocycles. The zero-order valence-corrected chi connectivity index (χ0v) is 22.3. The number of aryl methyl sites for hydroxylation is 1. The number of likely N-dealkylation sites (tertiary alicyclic amines) is 1. The topological polar surface area (TPSA) is 57.3 Å². The van der Waals surface area contributed by atoms with E-state index < -0.39 is 0 Å². The Balaban J connectivity index is 1.38. The molecule has 1 aliphatic rings. The van der Waals surface area contributed by atoms with E-state index in [4.69, 9.17) is 17.2 Å². The van der Waals surface area contributed by atoms with Gasteiger partial charge in [0.25, 0.3) is 5.91 Å². The van der Waals surface area contributed by atoms with Crippen molar-refractivity contribution in [1.82, 2.24) is 15.2 Å². The fourth-order valence-electron chi connectivity index (χ4n) is 4.53. The molecule has 7 heteroatoms. The van der Waals surface area contributed by atoms with Gasteiger partial charge in [-0.05, 0) is 63.0 Å². The average molecular weight is 507 g/mol. The van der Waals surface area contributed by atoms with Crippen LogP contribution in [0.4, 0.5) is 5.69 Å². The monoisotopic (exact) mass is 506 g/mol. The van der Waals surface area contributed by atoms with Crippen LogP contribution in [0, 0.1) is 6.92 Å². The van der Waals surface area contributed by atoms with Crippen LogP contribution in [0.2, 0.25) is 0 Å². The second-order valence-corrected chi connectivity index (χ2v) is 10.6. The van der Waals surface area contributed by atoms with E-state index in [1.165, 1.54) is 0 Å². The number of aromatic nitrogens is 1. The number of carbonyl (C=O) groups is 1. The maximum absolute atomic E-state index is 13.1. The van der Waals surface area contributed by atoms with Crippen molar-refractivity contribution in [2.45, 2.75) is 58.4 Å². The van der Waals surface area contributed by atoms with Crippen molar-refractivity contribution >= 4 is 40.3 Å². The molecule has 184 valence electrons. The Labute approximate surface area is 218 Å². The van der Waals surface area contributed by atoms with Gasteiger partial charge in [0.15, 0.2) is 5.11 Å². The Kier molecular flexibility index (Phi) is 8.52. The first-order chi connectivity index (χ1) is 16.9. The third-order valence-corrected chi connectivity index (χ3v) is 7.87. The van der Waals surface area contributed by atoms with Crippen LogP contribution in [0.1, 0.15) is 66.5 Å². The highest BCUT2D eigenvalue weighted by Crippen LogP contribution is 2.32. The van der Waals surface area contributed by atoms with E-state index in [0.717, 1.165) is 71.3 Å². The molecule has 35 heavy (non-hydrogen) atoms. The fourth-order valence-corrected chi connectivity index (χ4v) is 5.88. The summed E-state index contributed by atoms with van der Waals surface area (Å²) in [4.78, 5) is 20.1. The van der Waals surface area contributed by atoms with Gasteiger partial charge in [0.1, 0.15) is 5.69 Å². The Morgan fingerprint density at radius 2 is 1.94 bits per heavy atom. The Morgan fingerprint density at radius 3 is 2.66 bits per heavy atom. The molecular weight excluding hydrogens is 472 g/mol. The van der Waals surface area contributed by atoms with Crippen LogP contribution >= 0.6 is 23.6 Å². The zero-order chi connectivity index (χ0) is 24.8. The lowest BCUT2D eigenvalue weighted by Gasteiger charge is -2.34. The molecule has 2 N–H and O–H groups in total. The van der Waals surface area contributed by atoms with Crippen molar-refractivity contribution in [3.05, 3.63) is 70.2 Å². The number of rotatable bonds is 7. The van der Waals surface area contributed by atoms with Crippen molar-refractivity contribution in [2.75, 3.05) is 18.4 Å². The minimum Gasteiger partial charge on any atom is -0.360 e. The number of thiazole rings is 1. The highest BCUT2D eigenvalue weighted by atomic mass is 32.1. The summed E-state index contributed by atoms with van der Waals surface area (Å²) in [6.07, 6.45) is 4.26. The lowest BCUT2D eigenvalue weighted by molar-refractivity contribution is 0.102. The number of piperidine rings is 1. The number of thiocarbonyl (C=S) groups is 1. The van der Waals surface area contributed by atoms with Gasteiger partial charge in [-0.1, -0.05) is 55.3 Å². The molecule has 1 aromatic heterocycles. The van der Waals surface area contributed by atoms with Gasteiger partial charge < -0.3 is 15.5 Å². The molecule has 3 aromatic rings. The number of nitrogens with zero attached hydrogens (tertiary/aromatic N) is 2. The van der Waals surface area contributed by atoms with Gasteiger partial charge in [0.05, 0.1) is 5.01 Å². The summed E-state index contributed by atoms with van der Waals surface area (Å²) < 4.78 is 0. The van der Waals surface area contributed by atoms with E-state index in [1.807, 2.05) is 35.7 Å². The molecule has 4 rings (SSSR count). The van der Waals surface area contributed by atoms with Crippen LogP contribution in [-0.2, 0) is 0 Å². The number of hydrogen-bond donors (Lipinski definition) is 2. The van der Waals surface area contributed by atoms with Crippen molar-refractivity contribution in [2.24, 2.45) is 0 Å². The number of hydrogen-bond acceptors (Lipinski definition) is 4. The highest BCUT2D eigenvalue weighted by molar-refractivity contribution is 7.80. The quantitative estimate of drug-likeness (QED) is 0.353. The summed E-state index contributed by atoms with van der Waals surface area (Å²) in [7, 11) is 0. The smallest absolute Gasteiger partial charge is 0.275 e. The first-order valence-electron chi connectivity index (χ1n) is 12.4. The molecular formula is C28H34N4OS2. The van der Waals surface area contributed by atoms with E-state index in [-0.39, 0.29) is 5.91 Å². The number of benzene rings is 2. The molecule has 1 atom stereocenters. The van der Waals surface area contributed by atoms with E-state index in [2.05, 4.69) is 54.5 Å². The molecule has 1 unspecified atom stereocenters. The summed E-state index contributed by atoms with van der Waals surface area (Å²) in [6, 6.07) is 16.6. The van der Waals surface area contributed by atoms with Gasteiger partial charge in [-0.15, -0.1) is 11.3 Å². The average Bonchev–Trinajstić information content (AvgIpc) is 3.36. The van der Waals surface area contributed by atoms with Crippen LogP contribution < -0.4 is 10.6 Å². The summed E-state index contributed by atoms with van der Waals surface area (Å²) in [5, 5.41) is 10.3. The van der Waals surface area contributed by atoms with E-state index in [0.29, 0.717) is 17.7 Å². The van der Waals surface area contributed by atoms with Gasteiger partial charge in [-0.25, -0.2) is 4.98 Å². The molecule has 0 aliphatic carbocycles. The molecule has 1 saturated heterocycles. The summed E-state index contributed by atoms with van der Waals surface area (Å²) in [5.41, 5.74) is 4.53. The normalized spacial score (nSPS) is 15.0. The number of carbonyl (C=O) groups excluding carboxylic acids is 1. The molecule has 2 aromatic carbocycles. The lowest BCUT2D eigenvalue weighted by atomic mass is 9.98. The van der Waals surface area contributed by atoms with Gasteiger partial charge in [0, 0.05) is 41.7 Å². The summed E-state index contributed by atoms with van der Waals surface area (Å²) in [5.74, 6) is 0.203. The number of amides is 1. The molecule has 5 nitrogen and oxygen atoms in total. The maximum Gasteiger partial charge on any atom is 0.275 e. The molecule has 0 bridgehead atoms. The first kappa shape index (κ1) is 25.3. The van der Waals surface area contributed by atoms with Crippen LogP contribution in [0.5, 0.6) is 0 Å². The minimum absolute atomic E-state index is 0.166. The molecule has 0 spiro atoms. The molecule has 1 aliphatic heterocycles. The maximum atomic E-state index is 13.1. The standard InChI is InChI=1S/C28H34N4OS2/c1-4-8-20(3)29-28(34)32-15-13-22(14-16-32)27-31-25(18-35-27)26(33)30-24-12-11-19(2)17-23(24)21-9-6-5-7-10-21/h5-7,9-12,17-18,20,22H,4,8,13-16H2,1-3H3,(H,29,34)(H,30,33). The minimum atomic E-state index is -0.166. The Bertz CT molecular complexity index is 1150.